The van der Waals surface area contributed by atoms with Gasteiger partial charge < -0.3 is 5.32 Å². The molecule has 1 saturated carbocycles. The third-order valence-electron chi connectivity index (χ3n) is 4.52. The van der Waals surface area contributed by atoms with Crippen LogP contribution in [0.2, 0.25) is 5.02 Å². The van der Waals surface area contributed by atoms with E-state index in [4.69, 9.17) is 11.6 Å². The molecule has 0 aliphatic heterocycles. The van der Waals surface area contributed by atoms with Crippen molar-refractivity contribution in [3.63, 3.8) is 0 Å². The standard InChI is InChI=1S/C18H28ClN/c1-13(2)11-20-12-15-9-8-14(3)10-17(15)16-6-4-5-7-18(16)19/h4-7,13-15,17,20H,8-12H2,1-3H3. The van der Waals surface area contributed by atoms with E-state index >= 15 is 0 Å². The summed E-state index contributed by atoms with van der Waals surface area (Å²) in [4.78, 5) is 0. The second-order valence-corrected chi connectivity index (χ2v) is 7.27. The lowest BCUT2D eigenvalue weighted by Crippen LogP contribution is -2.33. The largest absolute Gasteiger partial charge is 0.316 e. The molecule has 20 heavy (non-hydrogen) atoms. The van der Waals surface area contributed by atoms with E-state index in [9.17, 15) is 0 Å². The fourth-order valence-electron chi connectivity index (χ4n) is 3.40. The van der Waals surface area contributed by atoms with E-state index in [1.54, 1.807) is 0 Å². The average molecular weight is 294 g/mol. The lowest BCUT2D eigenvalue weighted by molar-refractivity contribution is 0.240. The van der Waals surface area contributed by atoms with Crippen molar-refractivity contribution in [3.8, 4) is 0 Å². The molecule has 1 aromatic carbocycles. The van der Waals surface area contributed by atoms with E-state index in [0.717, 1.165) is 35.9 Å². The van der Waals surface area contributed by atoms with Crippen molar-refractivity contribution in [1.29, 1.82) is 0 Å². The summed E-state index contributed by atoms with van der Waals surface area (Å²) in [5.41, 5.74) is 1.36. The number of benzene rings is 1. The van der Waals surface area contributed by atoms with Gasteiger partial charge in [-0.05, 0) is 61.2 Å². The van der Waals surface area contributed by atoms with Crippen LogP contribution in [0.5, 0.6) is 0 Å². The molecular formula is C18H28ClN. The Balaban J connectivity index is 2.06. The van der Waals surface area contributed by atoms with Gasteiger partial charge in [-0.25, -0.2) is 0 Å². The van der Waals surface area contributed by atoms with Gasteiger partial charge in [0.25, 0.3) is 0 Å². The van der Waals surface area contributed by atoms with Gasteiger partial charge in [-0.15, -0.1) is 0 Å². The summed E-state index contributed by atoms with van der Waals surface area (Å²) in [5, 5.41) is 4.59. The highest BCUT2D eigenvalue weighted by molar-refractivity contribution is 6.31. The van der Waals surface area contributed by atoms with E-state index in [1.165, 1.54) is 24.8 Å². The van der Waals surface area contributed by atoms with Crippen LogP contribution in [0.15, 0.2) is 24.3 Å². The molecule has 112 valence electrons. The minimum Gasteiger partial charge on any atom is -0.316 e. The Kier molecular flexibility index (Phi) is 5.92. The van der Waals surface area contributed by atoms with Gasteiger partial charge in [-0.2, -0.15) is 0 Å². The first-order chi connectivity index (χ1) is 9.58. The number of halogens is 1. The van der Waals surface area contributed by atoms with Gasteiger partial charge in [0.15, 0.2) is 0 Å². The average Bonchev–Trinajstić information content (AvgIpc) is 2.41. The number of hydrogen-bond acceptors (Lipinski definition) is 1. The van der Waals surface area contributed by atoms with Crippen LogP contribution in [0, 0.1) is 17.8 Å². The Labute approximate surface area is 129 Å². The van der Waals surface area contributed by atoms with E-state index in [1.807, 2.05) is 12.1 Å². The summed E-state index contributed by atoms with van der Waals surface area (Å²) < 4.78 is 0. The van der Waals surface area contributed by atoms with Gasteiger partial charge in [0.05, 0.1) is 0 Å². The lowest BCUT2D eigenvalue weighted by Gasteiger charge is -2.36. The van der Waals surface area contributed by atoms with Gasteiger partial charge in [-0.3, -0.25) is 0 Å². The number of rotatable bonds is 5. The molecule has 2 rings (SSSR count). The fourth-order valence-corrected chi connectivity index (χ4v) is 3.68. The van der Waals surface area contributed by atoms with Crippen LogP contribution < -0.4 is 5.32 Å². The Morgan fingerprint density at radius 2 is 2.00 bits per heavy atom. The van der Waals surface area contributed by atoms with Gasteiger partial charge in [0.1, 0.15) is 0 Å². The molecule has 0 spiro atoms. The minimum absolute atomic E-state index is 0.618. The third-order valence-corrected chi connectivity index (χ3v) is 4.86. The van der Waals surface area contributed by atoms with Crippen molar-refractivity contribution >= 4 is 11.6 Å². The minimum atomic E-state index is 0.618. The fraction of sp³-hybridized carbons (Fsp3) is 0.667. The molecule has 1 N–H and O–H groups in total. The summed E-state index contributed by atoms with van der Waals surface area (Å²) in [6.45, 7) is 9.15. The Morgan fingerprint density at radius 3 is 2.70 bits per heavy atom. The molecule has 3 atom stereocenters. The molecule has 1 aromatic rings. The molecule has 0 saturated heterocycles. The first kappa shape index (κ1) is 15.9. The SMILES string of the molecule is CC(C)CNCC1CCC(C)CC1c1ccccc1Cl. The Bertz CT molecular complexity index is 416. The predicted octanol–water partition coefficient (Wildman–Crippen LogP) is 5.11. The van der Waals surface area contributed by atoms with Gasteiger partial charge >= 0.3 is 0 Å². The van der Waals surface area contributed by atoms with Crippen molar-refractivity contribution in [2.75, 3.05) is 13.1 Å². The van der Waals surface area contributed by atoms with Crippen LogP contribution >= 0.6 is 11.6 Å². The summed E-state index contributed by atoms with van der Waals surface area (Å²) in [7, 11) is 0. The van der Waals surface area contributed by atoms with Crippen LogP contribution in [-0.2, 0) is 0 Å². The smallest absolute Gasteiger partial charge is 0.0440 e. The van der Waals surface area contributed by atoms with Crippen molar-refractivity contribution in [1.82, 2.24) is 5.32 Å². The van der Waals surface area contributed by atoms with E-state index < -0.39 is 0 Å². The maximum Gasteiger partial charge on any atom is 0.0440 e. The van der Waals surface area contributed by atoms with Crippen molar-refractivity contribution in [2.45, 2.75) is 46.0 Å². The zero-order valence-electron chi connectivity index (χ0n) is 13.0. The maximum atomic E-state index is 6.43. The van der Waals surface area contributed by atoms with E-state index in [-0.39, 0.29) is 0 Å². The van der Waals surface area contributed by atoms with Gasteiger partial charge in [0, 0.05) is 5.02 Å². The Morgan fingerprint density at radius 1 is 1.25 bits per heavy atom. The highest BCUT2D eigenvalue weighted by Crippen LogP contribution is 2.42. The zero-order valence-corrected chi connectivity index (χ0v) is 13.8. The lowest BCUT2D eigenvalue weighted by atomic mass is 9.71. The van der Waals surface area contributed by atoms with Crippen LogP contribution in [0.1, 0.15) is 51.5 Å². The molecule has 1 aliphatic carbocycles. The molecule has 1 nitrogen and oxygen atoms in total. The van der Waals surface area contributed by atoms with E-state index in [2.05, 4.69) is 38.2 Å². The molecule has 0 heterocycles. The molecule has 0 aromatic heterocycles. The first-order valence-electron chi connectivity index (χ1n) is 8.03. The molecule has 2 heteroatoms. The second-order valence-electron chi connectivity index (χ2n) is 6.86. The van der Waals surface area contributed by atoms with Crippen LogP contribution in [0.3, 0.4) is 0 Å². The third kappa shape index (κ3) is 4.23. The normalized spacial score (nSPS) is 26.9. The van der Waals surface area contributed by atoms with Crippen LogP contribution in [0.4, 0.5) is 0 Å². The highest BCUT2D eigenvalue weighted by Gasteiger charge is 2.30. The second kappa shape index (κ2) is 7.47. The first-order valence-corrected chi connectivity index (χ1v) is 8.40. The molecule has 3 unspecified atom stereocenters. The monoisotopic (exact) mass is 293 g/mol. The topological polar surface area (TPSA) is 12.0 Å². The molecule has 1 fully saturated rings. The number of hydrogen-bond donors (Lipinski definition) is 1. The van der Waals surface area contributed by atoms with Crippen LogP contribution in [0.25, 0.3) is 0 Å². The van der Waals surface area contributed by atoms with Crippen molar-refractivity contribution in [2.24, 2.45) is 17.8 Å². The highest BCUT2D eigenvalue weighted by atomic mass is 35.5. The van der Waals surface area contributed by atoms with Gasteiger partial charge in [0.2, 0.25) is 0 Å². The van der Waals surface area contributed by atoms with Gasteiger partial charge in [-0.1, -0.05) is 57.0 Å². The molecule has 0 amide bonds. The van der Waals surface area contributed by atoms with Crippen molar-refractivity contribution < 1.29 is 0 Å². The zero-order chi connectivity index (χ0) is 14.5. The molecule has 0 radical (unpaired) electrons. The van der Waals surface area contributed by atoms with Crippen molar-refractivity contribution in [3.05, 3.63) is 34.9 Å². The number of nitrogens with one attached hydrogen (secondary N) is 1. The Hall–Kier alpha value is -0.530. The summed E-state index contributed by atoms with van der Waals surface area (Å²) >= 11 is 6.43. The summed E-state index contributed by atoms with van der Waals surface area (Å²) in [6, 6.07) is 8.42. The van der Waals surface area contributed by atoms with Crippen LogP contribution in [-0.4, -0.2) is 13.1 Å². The quantitative estimate of drug-likeness (QED) is 0.796. The maximum absolute atomic E-state index is 6.43. The molecule has 1 aliphatic rings. The predicted molar refractivity (Wildman–Crippen MR) is 88.4 cm³/mol. The summed E-state index contributed by atoms with van der Waals surface area (Å²) in [6.07, 6.45) is 3.95. The van der Waals surface area contributed by atoms with E-state index in [0.29, 0.717) is 5.92 Å². The summed E-state index contributed by atoms with van der Waals surface area (Å²) in [5.74, 6) is 2.88. The molecule has 0 bridgehead atoms. The molecular weight excluding hydrogens is 266 g/mol.